The maximum Gasteiger partial charge on any atom is 0.317 e. The fourth-order valence-corrected chi connectivity index (χ4v) is 4.94. The summed E-state index contributed by atoms with van der Waals surface area (Å²) in [6, 6.07) is 14.5. The van der Waals surface area contributed by atoms with Gasteiger partial charge >= 0.3 is 6.03 Å². The van der Waals surface area contributed by atoms with Crippen molar-refractivity contribution in [2.45, 2.75) is 38.8 Å². The van der Waals surface area contributed by atoms with Crippen molar-refractivity contribution in [2.75, 3.05) is 44.2 Å². The summed E-state index contributed by atoms with van der Waals surface area (Å²) in [5, 5.41) is 3.10. The number of likely N-dealkylation sites (tertiary alicyclic amines) is 1. The van der Waals surface area contributed by atoms with Crippen LogP contribution in [0.25, 0.3) is 0 Å². The van der Waals surface area contributed by atoms with Gasteiger partial charge in [0.25, 0.3) is 0 Å². The van der Waals surface area contributed by atoms with Crippen molar-refractivity contribution < 1.29 is 13.6 Å². The van der Waals surface area contributed by atoms with Gasteiger partial charge in [-0.3, -0.25) is 4.90 Å². The number of carbonyl (C=O) groups is 1. The summed E-state index contributed by atoms with van der Waals surface area (Å²) >= 11 is 0. The van der Waals surface area contributed by atoms with Gasteiger partial charge in [0.1, 0.15) is 0 Å². The molecule has 2 aliphatic heterocycles. The van der Waals surface area contributed by atoms with Gasteiger partial charge < -0.3 is 15.1 Å². The van der Waals surface area contributed by atoms with Gasteiger partial charge in [-0.15, -0.1) is 0 Å². The molecule has 2 amide bonds. The van der Waals surface area contributed by atoms with Crippen LogP contribution in [0, 0.1) is 17.6 Å². The second-order valence-electron chi connectivity index (χ2n) is 9.31. The highest BCUT2D eigenvalue weighted by Crippen LogP contribution is 2.23. The van der Waals surface area contributed by atoms with E-state index in [2.05, 4.69) is 40.5 Å². The van der Waals surface area contributed by atoms with Gasteiger partial charge in [0, 0.05) is 50.5 Å². The van der Waals surface area contributed by atoms with E-state index < -0.39 is 11.6 Å². The SMILES string of the molecule is C[C@@H]1CN(c2ccc(F)c(F)c2)CCN1C(=O)NCCC1CCN(Cc2ccccc2)CC1. The van der Waals surface area contributed by atoms with Crippen LogP contribution in [0.3, 0.4) is 0 Å². The highest BCUT2D eigenvalue weighted by Gasteiger charge is 2.28. The molecular formula is C26H34F2N4O. The number of halogens is 2. The molecule has 5 nitrogen and oxygen atoms in total. The fraction of sp³-hybridized carbons (Fsp3) is 0.500. The lowest BCUT2D eigenvalue weighted by atomic mass is 9.93. The zero-order chi connectivity index (χ0) is 23.2. The van der Waals surface area contributed by atoms with E-state index in [4.69, 9.17) is 0 Å². The lowest BCUT2D eigenvalue weighted by Crippen LogP contribution is -2.56. The number of carbonyl (C=O) groups excluding carboxylic acids is 1. The number of rotatable bonds is 6. The molecular weight excluding hydrogens is 422 g/mol. The van der Waals surface area contributed by atoms with E-state index in [1.807, 2.05) is 16.7 Å². The number of hydrogen-bond donors (Lipinski definition) is 1. The van der Waals surface area contributed by atoms with E-state index in [1.165, 1.54) is 24.5 Å². The Balaban J connectivity index is 1.16. The lowest BCUT2D eigenvalue weighted by Gasteiger charge is -2.41. The molecule has 0 unspecified atom stereocenters. The van der Waals surface area contributed by atoms with E-state index in [-0.39, 0.29) is 12.1 Å². The summed E-state index contributed by atoms with van der Waals surface area (Å²) < 4.78 is 26.8. The normalized spacial score (nSPS) is 20.2. The van der Waals surface area contributed by atoms with Crippen molar-refractivity contribution in [1.29, 1.82) is 0 Å². The first-order valence-corrected chi connectivity index (χ1v) is 12.0. The van der Waals surface area contributed by atoms with Gasteiger partial charge in [0.2, 0.25) is 0 Å². The number of nitrogens with zero attached hydrogens (tertiary/aromatic N) is 3. The number of amides is 2. The second kappa shape index (κ2) is 11.0. The van der Waals surface area contributed by atoms with Crippen LogP contribution < -0.4 is 10.2 Å². The molecule has 1 atom stereocenters. The van der Waals surface area contributed by atoms with Crippen molar-refractivity contribution >= 4 is 11.7 Å². The Morgan fingerprint density at radius 2 is 1.76 bits per heavy atom. The molecule has 2 aromatic rings. The molecule has 7 heteroatoms. The maximum atomic E-state index is 13.6. The van der Waals surface area contributed by atoms with E-state index >= 15 is 0 Å². The number of hydrogen-bond acceptors (Lipinski definition) is 3. The van der Waals surface area contributed by atoms with Gasteiger partial charge in [-0.1, -0.05) is 30.3 Å². The van der Waals surface area contributed by atoms with E-state index in [0.717, 1.165) is 32.1 Å². The zero-order valence-electron chi connectivity index (χ0n) is 19.4. The van der Waals surface area contributed by atoms with Crippen LogP contribution in [0.2, 0.25) is 0 Å². The average molecular weight is 457 g/mol. The Morgan fingerprint density at radius 1 is 1.00 bits per heavy atom. The molecule has 0 aromatic heterocycles. The molecule has 0 saturated carbocycles. The quantitative estimate of drug-likeness (QED) is 0.696. The third-order valence-corrected chi connectivity index (χ3v) is 6.94. The molecule has 178 valence electrons. The molecule has 1 N–H and O–H groups in total. The highest BCUT2D eigenvalue weighted by atomic mass is 19.2. The number of benzene rings is 2. The Bertz CT molecular complexity index is 918. The predicted octanol–water partition coefficient (Wildman–Crippen LogP) is 4.49. The van der Waals surface area contributed by atoms with Crippen LogP contribution in [0.1, 0.15) is 31.7 Å². The third-order valence-electron chi connectivity index (χ3n) is 6.94. The Hall–Kier alpha value is -2.67. The summed E-state index contributed by atoms with van der Waals surface area (Å²) in [5.41, 5.74) is 2.02. The molecule has 0 bridgehead atoms. The summed E-state index contributed by atoms with van der Waals surface area (Å²) in [6.45, 7) is 7.67. The van der Waals surface area contributed by atoms with Crippen molar-refractivity contribution in [3.05, 3.63) is 65.7 Å². The second-order valence-corrected chi connectivity index (χ2v) is 9.31. The first-order valence-electron chi connectivity index (χ1n) is 12.0. The van der Waals surface area contributed by atoms with Crippen molar-refractivity contribution in [2.24, 2.45) is 5.92 Å². The van der Waals surface area contributed by atoms with Crippen molar-refractivity contribution in [3.8, 4) is 0 Å². The third kappa shape index (κ3) is 6.22. The predicted molar refractivity (Wildman–Crippen MR) is 127 cm³/mol. The lowest BCUT2D eigenvalue weighted by molar-refractivity contribution is 0.162. The summed E-state index contributed by atoms with van der Waals surface area (Å²) in [5.74, 6) is -1.03. The molecule has 33 heavy (non-hydrogen) atoms. The number of nitrogens with one attached hydrogen (secondary N) is 1. The van der Waals surface area contributed by atoms with Gasteiger partial charge in [0.15, 0.2) is 11.6 Å². The number of piperidine rings is 1. The molecule has 0 spiro atoms. The molecule has 2 aliphatic rings. The minimum Gasteiger partial charge on any atom is -0.368 e. The van der Waals surface area contributed by atoms with Crippen LogP contribution in [-0.4, -0.2) is 61.1 Å². The van der Waals surface area contributed by atoms with Crippen LogP contribution in [0.15, 0.2) is 48.5 Å². The maximum absolute atomic E-state index is 13.6. The minimum absolute atomic E-state index is 0.00640. The molecule has 0 radical (unpaired) electrons. The molecule has 2 heterocycles. The molecule has 2 saturated heterocycles. The zero-order valence-corrected chi connectivity index (χ0v) is 19.4. The van der Waals surface area contributed by atoms with Gasteiger partial charge in [0.05, 0.1) is 0 Å². The first-order chi connectivity index (χ1) is 16.0. The molecule has 4 rings (SSSR count). The van der Waals surface area contributed by atoms with Gasteiger partial charge in [-0.25, -0.2) is 13.6 Å². The fourth-order valence-electron chi connectivity index (χ4n) is 4.94. The molecule has 0 aliphatic carbocycles. The number of urea groups is 1. The monoisotopic (exact) mass is 456 g/mol. The highest BCUT2D eigenvalue weighted by molar-refractivity contribution is 5.75. The Morgan fingerprint density at radius 3 is 2.45 bits per heavy atom. The standard InChI is InChI=1S/C26H34F2N4O/c1-20-18-31(23-7-8-24(27)25(28)17-23)15-16-32(20)26(33)29-12-9-21-10-13-30(14-11-21)19-22-5-3-2-4-6-22/h2-8,17,20-21H,9-16,18-19H2,1H3,(H,29,33)/t20-/m1/s1. The van der Waals surface area contributed by atoms with Crippen LogP contribution >= 0.6 is 0 Å². The van der Waals surface area contributed by atoms with E-state index in [0.29, 0.717) is 37.8 Å². The average Bonchev–Trinajstić information content (AvgIpc) is 2.82. The summed E-state index contributed by atoms with van der Waals surface area (Å²) in [6.07, 6.45) is 3.35. The number of anilines is 1. The molecule has 2 aromatic carbocycles. The van der Waals surface area contributed by atoms with Gasteiger partial charge in [-0.05, 0) is 62.9 Å². The van der Waals surface area contributed by atoms with Crippen LogP contribution in [0.5, 0.6) is 0 Å². The largest absolute Gasteiger partial charge is 0.368 e. The first kappa shape index (κ1) is 23.5. The minimum atomic E-state index is -0.841. The summed E-state index contributed by atoms with van der Waals surface area (Å²) in [7, 11) is 0. The Labute approximate surface area is 195 Å². The topological polar surface area (TPSA) is 38.8 Å². The van der Waals surface area contributed by atoms with Crippen LogP contribution in [-0.2, 0) is 6.54 Å². The number of piperazine rings is 1. The van der Waals surface area contributed by atoms with E-state index in [1.54, 1.807) is 6.07 Å². The smallest absolute Gasteiger partial charge is 0.317 e. The van der Waals surface area contributed by atoms with Crippen LogP contribution in [0.4, 0.5) is 19.3 Å². The Kier molecular flexibility index (Phi) is 7.81. The molecule has 2 fully saturated rings. The van der Waals surface area contributed by atoms with Gasteiger partial charge in [-0.2, -0.15) is 0 Å². The van der Waals surface area contributed by atoms with Crippen molar-refractivity contribution in [1.82, 2.24) is 15.1 Å². The van der Waals surface area contributed by atoms with E-state index in [9.17, 15) is 13.6 Å². The summed E-state index contributed by atoms with van der Waals surface area (Å²) in [4.78, 5) is 19.1. The van der Waals surface area contributed by atoms with Crippen molar-refractivity contribution in [3.63, 3.8) is 0 Å².